The first-order chi connectivity index (χ1) is 15.1. The third-order valence-corrected chi connectivity index (χ3v) is 5.06. The van der Waals surface area contributed by atoms with E-state index < -0.39 is 5.97 Å². The Hall–Kier alpha value is -3.52. The number of unbranched alkanes of at least 4 members (excludes halogenated alkanes) is 2. The van der Waals surface area contributed by atoms with Crippen LogP contribution in [-0.2, 0) is 11.3 Å². The molecular formula is C26H28N2O3. The molecule has 0 atom stereocenters. The van der Waals surface area contributed by atoms with Gasteiger partial charge in [0, 0.05) is 35.0 Å². The molecule has 5 nitrogen and oxygen atoms in total. The lowest BCUT2D eigenvalue weighted by molar-refractivity contribution is -0.137. The van der Waals surface area contributed by atoms with E-state index in [4.69, 9.17) is 9.84 Å². The van der Waals surface area contributed by atoms with E-state index in [-0.39, 0.29) is 6.42 Å². The fraction of sp³-hybridized carbons (Fsp3) is 0.308. The first kappa shape index (κ1) is 22.2. The highest BCUT2D eigenvalue weighted by Crippen LogP contribution is 2.25. The van der Waals surface area contributed by atoms with E-state index in [1.807, 2.05) is 43.5 Å². The number of rotatable bonds is 10. The molecule has 0 spiro atoms. The smallest absolute Gasteiger partial charge is 0.303 e. The summed E-state index contributed by atoms with van der Waals surface area (Å²) < 4.78 is 8.21. The highest BCUT2D eigenvalue weighted by atomic mass is 16.5. The third kappa shape index (κ3) is 6.23. The molecule has 160 valence electrons. The topological polar surface area (TPSA) is 64.4 Å². The molecule has 0 aliphatic carbocycles. The fourth-order valence-corrected chi connectivity index (χ4v) is 3.42. The zero-order valence-corrected chi connectivity index (χ0v) is 18.1. The first-order valence-corrected chi connectivity index (χ1v) is 10.6. The standard InChI is InChI=1S/C26H28N2O3/c1-3-9-21-13-15-22(16-14-21)26-27-18-20(2)28(26)19-23-10-6-7-11-24(23)31-17-8-4-5-12-25(29)30/h6-7,10-11,13-16,18H,4-5,8,12,17,19H2,1-2H3,(H,29,30). The molecule has 1 heterocycles. The number of aliphatic carboxylic acids is 1. The molecule has 0 radical (unpaired) electrons. The summed E-state index contributed by atoms with van der Waals surface area (Å²) in [5, 5.41) is 8.73. The highest BCUT2D eigenvalue weighted by molar-refractivity contribution is 5.66. The molecule has 1 N–H and O–H groups in total. The molecule has 0 unspecified atom stereocenters. The average molecular weight is 417 g/mol. The normalized spacial score (nSPS) is 10.4. The van der Waals surface area contributed by atoms with Crippen molar-refractivity contribution in [3.05, 3.63) is 71.5 Å². The van der Waals surface area contributed by atoms with Crippen LogP contribution in [0.2, 0.25) is 0 Å². The molecule has 3 aromatic rings. The summed E-state index contributed by atoms with van der Waals surface area (Å²) in [6, 6.07) is 16.2. The summed E-state index contributed by atoms with van der Waals surface area (Å²) in [6.07, 6.45) is 4.47. The maximum atomic E-state index is 10.6. The van der Waals surface area contributed by atoms with Gasteiger partial charge >= 0.3 is 5.97 Å². The molecule has 0 aliphatic heterocycles. The van der Waals surface area contributed by atoms with Crippen LogP contribution in [-0.4, -0.2) is 27.2 Å². The van der Waals surface area contributed by atoms with Gasteiger partial charge in [-0.15, -0.1) is 5.92 Å². The summed E-state index contributed by atoms with van der Waals surface area (Å²) in [4.78, 5) is 15.2. The molecular weight excluding hydrogens is 388 g/mol. The number of hydrogen-bond donors (Lipinski definition) is 1. The predicted octanol–water partition coefficient (Wildman–Crippen LogP) is 5.30. The monoisotopic (exact) mass is 416 g/mol. The van der Waals surface area contributed by atoms with E-state index in [0.29, 0.717) is 19.6 Å². The van der Waals surface area contributed by atoms with Crippen molar-refractivity contribution >= 4 is 5.97 Å². The number of nitrogens with zero attached hydrogens (tertiary/aromatic N) is 2. The lowest BCUT2D eigenvalue weighted by Gasteiger charge is -2.15. The van der Waals surface area contributed by atoms with Gasteiger partial charge in [-0.05, 0) is 51.3 Å². The predicted molar refractivity (Wildman–Crippen MR) is 122 cm³/mol. The lowest BCUT2D eigenvalue weighted by Crippen LogP contribution is -2.07. The second-order valence-electron chi connectivity index (χ2n) is 7.42. The summed E-state index contributed by atoms with van der Waals surface area (Å²) in [5.74, 6) is 7.01. The number of carboxylic acids is 1. The number of carboxylic acid groups (broad SMARTS) is 1. The molecule has 0 saturated heterocycles. The van der Waals surface area contributed by atoms with Crippen molar-refractivity contribution in [2.75, 3.05) is 6.61 Å². The van der Waals surface area contributed by atoms with E-state index in [9.17, 15) is 4.79 Å². The average Bonchev–Trinajstić information content (AvgIpc) is 3.12. The summed E-state index contributed by atoms with van der Waals surface area (Å²) in [5.41, 5.74) is 4.20. The van der Waals surface area contributed by atoms with Gasteiger partial charge in [-0.2, -0.15) is 0 Å². The van der Waals surface area contributed by atoms with Crippen LogP contribution in [0.5, 0.6) is 5.75 Å². The Balaban J connectivity index is 1.71. The van der Waals surface area contributed by atoms with Crippen LogP contribution in [0.1, 0.15) is 49.4 Å². The molecule has 5 heteroatoms. The Morgan fingerprint density at radius 3 is 2.61 bits per heavy atom. The summed E-state index contributed by atoms with van der Waals surface area (Å²) in [6.45, 7) is 5.12. The molecule has 0 amide bonds. The second kappa shape index (κ2) is 11.0. The molecule has 0 bridgehead atoms. The van der Waals surface area contributed by atoms with Crippen LogP contribution in [0.15, 0.2) is 54.7 Å². The van der Waals surface area contributed by atoms with Crippen LogP contribution < -0.4 is 4.74 Å². The Kier molecular flexibility index (Phi) is 7.89. The van der Waals surface area contributed by atoms with Crippen molar-refractivity contribution in [1.82, 2.24) is 9.55 Å². The molecule has 31 heavy (non-hydrogen) atoms. The summed E-state index contributed by atoms with van der Waals surface area (Å²) >= 11 is 0. The van der Waals surface area contributed by atoms with Crippen molar-refractivity contribution in [3.8, 4) is 29.0 Å². The Labute approximate surface area is 183 Å². The van der Waals surface area contributed by atoms with E-state index >= 15 is 0 Å². The van der Waals surface area contributed by atoms with Crippen molar-refractivity contribution in [3.63, 3.8) is 0 Å². The van der Waals surface area contributed by atoms with E-state index in [0.717, 1.165) is 46.8 Å². The van der Waals surface area contributed by atoms with Crippen molar-refractivity contribution < 1.29 is 14.6 Å². The number of carbonyl (C=O) groups is 1. The van der Waals surface area contributed by atoms with Crippen LogP contribution in [0.25, 0.3) is 11.4 Å². The van der Waals surface area contributed by atoms with Crippen LogP contribution in [0.4, 0.5) is 0 Å². The van der Waals surface area contributed by atoms with Crippen molar-refractivity contribution in [1.29, 1.82) is 0 Å². The van der Waals surface area contributed by atoms with Gasteiger partial charge in [0.25, 0.3) is 0 Å². The molecule has 0 saturated carbocycles. The maximum absolute atomic E-state index is 10.6. The third-order valence-electron chi connectivity index (χ3n) is 5.06. The lowest BCUT2D eigenvalue weighted by atomic mass is 10.1. The highest BCUT2D eigenvalue weighted by Gasteiger charge is 2.12. The second-order valence-corrected chi connectivity index (χ2v) is 7.42. The number of aryl methyl sites for hydroxylation is 1. The minimum absolute atomic E-state index is 0.214. The van der Waals surface area contributed by atoms with Crippen LogP contribution in [0, 0.1) is 18.8 Å². The molecule has 0 fully saturated rings. The number of benzene rings is 2. The number of para-hydroxylation sites is 1. The van der Waals surface area contributed by atoms with E-state index in [2.05, 4.69) is 46.5 Å². The molecule has 1 aromatic heterocycles. The minimum Gasteiger partial charge on any atom is -0.493 e. The SMILES string of the molecule is CC#Cc1ccc(-c2ncc(C)n2Cc2ccccc2OCCCCCC(=O)O)cc1. The largest absolute Gasteiger partial charge is 0.493 e. The van der Waals surface area contributed by atoms with Gasteiger partial charge in [0.15, 0.2) is 0 Å². The maximum Gasteiger partial charge on any atom is 0.303 e. The molecule has 0 aliphatic rings. The van der Waals surface area contributed by atoms with Gasteiger partial charge in [-0.25, -0.2) is 4.98 Å². The zero-order valence-electron chi connectivity index (χ0n) is 18.1. The first-order valence-electron chi connectivity index (χ1n) is 10.6. The number of aromatic nitrogens is 2. The van der Waals surface area contributed by atoms with Crippen molar-refractivity contribution in [2.45, 2.75) is 46.1 Å². The number of ether oxygens (including phenoxy) is 1. The molecule has 3 rings (SSSR count). The van der Waals surface area contributed by atoms with E-state index in [1.54, 1.807) is 0 Å². The Bertz CT molecular complexity index is 1070. The van der Waals surface area contributed by atoms with E-state index in [1.165, 1.54) is 0 Å². The minimum atomic E-state index is -0.745. The Morgan fingerprint density at radius 1 is 1.10 bits per heavy atom. The Morgan fingerprint density at radius 2 is 1.87 bits per heavy atom. The van der Waals surface area contributed by atoms with Crippen LogP contribution >= 0.6 is 0 Å². The van der Waals surface area contributed by atoms with Crippen LogP contribution in [0.3, 0.4) is 0 Å². The van der Waals surface area contributed by atoms with Gasteiger partial charge in [0.05, 0.1) is 13.2 Å². The van der Waals surface area contributed by atoms with Gasteiger partial charge < -0.3 is 14.4 Å². The van der Waals surface area contributed by atoms with Gasteiger partial charge in [-0.1, -0.05) is 36.3 Å². The molecule has 2 aromatic carbocycles. The van der Waals surface area contributed by atoms with Crippen molar-refractivity contribution in [2.24, 2.45) is 0 Å². The van der Waals surface area contributed by atoms with Gasteiger partial charge in [0.2, 0.25) is 0 Å². The quantitative estimate of drug-likeness (QED) is 0.360. The number of imidazole rings is 1. The number of hydrogen-bond acceptors (Lipinski definition) is 3. The van der Waals surface area contributed by atoms with Gasteiger partial charge in [-0.3, -0.25) is 4.79 Å². The van der Waals surface area contributed by atoms with Gasteiger partial charge in [0.1, 0.15) is 11.6 Å². The summed E-state index contributed by atoms with van der Waals surface area (Å²) in [7, 11) is 0. The fourth-order valence-electron chi connectivity index (χ4n) is 3.42. The zero-order chi connectivity index (χ0) is 22.1.